The maximum atomic E-state index is 5.89. The molecule has 0 fully saturated rings. The number of benzene rings is 2. The van der Waals surface area contributed by atoms with Gasteiger partial charge in [-0.2, -0.15) is 0 Å². The molecule has 0 spiro atoms. The number of fused-ring (bicyclic) bond motifs is 1. The van der Waals surface area contributed by atoms with Crippen LogP contribution in [0.15, 0.2) is 42.6 Å². The lowest BCUT2D eigenvalue weighted by molar-refractivity contribution is 0.105. The number of methoxy groups -OCH3 is 4. The summed E-state index contributed by atoms with van der Waals surface area (Å²) in [7, 11) is 6.47. The minimum atomic E-state index is 0.376. The molecule has 0 saturated carbocycles. The van der Waals surface area contributed by atoms with Crippen molar-refractivity contribution in [3.05, 3.63) is 53.9 Å². The van der Waals surface area contributed by atoms with Gasteiger partial charge in [-0.15, -0.1) is 0 Å². The predicted octanol–water partition coefficient (Wildman–Crippen LogP) is 3.99. The van der Waals surface area contributed by atoms with Crippen molar-refractivity contribution in [1.82, 2.24) is 4.98 Å². The van der Waals surface area contributed by atoms with Crippen LogP contribution in [-0.4, -0.2) is 33.4 Å². The van der Waals surface area contributed by atoms with Gasteiger partial charge in [0.15, 0.2) is 23.0 Å². The maximum absolute atomic E-state index is 5.89. The van der Waals surface area contributed by atoms with Gasteiger partial charge in [0.25, 0.3) is 0 Å². The lowest BCUT2D eigenvalue weighted by atomic mass is 10.1. The van der Waals surface area contributed by atoms with Crippen LogP contribution in [-0.2, 0) is 18.0 Å². The Labute approximate surface area is 158 Å². The summed E-state index contributed by atoms with van der Waals surface area (Å²) in [6.45, 7) is 0.812. The molecule has 0 N–H and O–H groups in total. The number of hydrogen-bond acceptors (Lipinski definition) is 6. The average Bonchev–Trinajstić information content (AvgIpc) is 2.72. The molecule has 0 unspecified atom stereocenters. The van der Waals surface area contributed by atoms with Crippen molar-refractivity contribution in [3.8, 4) is 23.0 Å². The average molecular weight is 369 g/mol. The first-order valence-corrected chi connectivity index (χ1v) is 8.48. The Bertz CT molecular complexity index is 926. The molecule has 27 heavy (non-hydrogen) atoms. The fraction of sp³-hybridized carbons (Fsp3) is 0.286. The van der Waals surface area contributed by atoms with Crippen LogP contribution in [0.5, 0.6) is 23.0 Å². The van der Waals surface area contributed by atoms with Gasteiger partial charge in [-0.25, -0.2) is 0 Å². The molecule has 1 aromatic heterocycles. The second kappa shape index (κ2) is 8.60. The summed E-state index contributed by atoms with van der Waals surface area (Å²) in [6, 6.07) is 11.5. The largest absolute Gasteiger partial charge is 0.493 e. The van der Waals surface area contributed by atoms with Gasteiger partial charge < -0.3 is 23.7 Å². The molecule has 0 saturated heterocycles. The van der Waals surface area contributed by atoms with Crippen molar-refractivity contribution < 1.29 is 23.7 Å². The molecule has 3 aromatic rings. The molecule has 0 amide bonds. The first-order chi connectivity index (χ1) is 13.2. The highest BCUT2D eigenvalue weighted by Crippen LogP contribution is 2.33. The lowest BCUT2D eigenvalue weighted by Crippen LogP contribution is -1.99. The summed E-state index contributed by atoms with van der Waals surface area (Å²) in [5.41, 5.74) is 1.83. The Balaban J connectivity index is 1.77. The van der Waals surface area contributed by atoms with Crippen molar-refractivity contribution >= 4 is 10.8 Å². The Morgan fingerprint density at radius 2 is 1.37 bits per heavy atom. The minimum absolute atomic E-state index is 0.376. The summed E-state index contributed by atoms with van der Waals surface area (Å²) in [4.78, 5) is 4.46. The second-order valence-corrected chi connectivity index (χ2v) is 5.87. The van der Waals surface area contributed by atoms with E-state index in [1.807, 2.05) is 36.4 Å². The van der Waals surface area contributed by atoms with Gasteiger partial charge in [0.2, 0.25) is 0 Å². The molecule has 1 heterocycles. The monoisotopic (exact) mass is 369 g/mol. The molecule has 0 bridgehead atoms. The molecule has 0 radical (unpaired) electrons. The molecule has 0 aliphatic rings. The molecule has 142 valence electrons. The predicted molar refractivity (Wildman–Crippen MR) is 103 cm³/mol. The molecule has 2 aromatic carbocycles. The fourth-order valence-corrected chi connectivity index (χ4v) is 2.91. The normalized spacial score (nSPS) is 10.7. The van der Waals surface area contributed by atoms with E-state index in [9.17, 15) is 0 Å². The molecule has 6 nitrogen and oxygen atoms in total. The van der Waals surface area contributed by atoms with Gasteiger partial charge in [-0.05, 0) is 41.3 Å². The Morgan fingerprint density at radius 3 is 2.07 bits per heavy atom. The van der Waals surface area contributed by atoms with Gasteiger partial charge >= 0.3 is 0 Å². The summed E-state index contributed by atoms with van der Waals surface area (Å²) < 4.78 is 27.2. The number of aromatic nitrogens is 1. The SMILES string of the molecule is COc1ccc(COCc2nccc3cc(OC)c(OC)cc23)cc1OC. The highest BCUT2D eigenvalue weighted by Gasteiger charge is 2.10. The van der Waals surface area contributed by atoms with E-state index in [1.54, 1.807) is 34.6 Å². The van der Waals surface area contributed by atoms with Gasteiger partial charge in [-0.3, -0.25) is 4.98 Å². The first kappa shape index (κ1) is 18.8. The summed E-state index contributed by atoms with van der Waals surface area (Å²) in [5.74, 6) is 2.73. The van der Waals surface area contributed by atoms with Crippen LogP contribution in [0.2, 0.25) is 0 Å². The smallest absolute Gasteiger partial charge is 0.161 e. The van der Waals surface area contributed by atoms with Crippen LogP contribution in [0.1, 0.15) is 11.3 Å². The zero-order chi connectivity index (χ0) is 19.2. The number of pyridine rings is 1. The van der Waals surface area contributed by atoms with E-state index in [4.69, 9.17) is 23.7 Å². The van der Waals surface area contributed by atoms with Crippen LogP contribution in [0.3, 0.4) is 0 Å². The van der Waals surface area contributed by atoms with Crippen LogP contribution < -0.4 is 18.9 Å². The third-order valence-corrected chi connectivity index (χ3v) is 4.31. The third-order valence-electron chi connectivity index (χ3n) is 4.31. The third kappa shape index (κ3) is 4.06. The summed E-state index contributed by atoms with van der Waals surface area (Å²) in [6.07, 6.45) is 1.77. The highest BCUT2D eigenvalue weighted by molar-refractivity contribution is 5.87. The molecule has 6 heteroatoms. The van der Waals surface area contributed by atoms with Crippen molar-refractivity contribution in [2.75, 3.05) is 28.4 Å². The number of hydrogen-bond donors (Lipinski definition) is 0. The van der Waals surface area contributed by atoms with Gasteiger partial charge in [0, 0.05) is 11.6 Å². The Hall–Kier alpha value is -2.99. The lowest BCUT2D eigenvalue weighted by Gasteiger charge is -2.12. The zero-order valence-corrected chi connectivity index (χ0v) is 15.9. The van der Waals surface area contributed by atoms with E-state index in [2.05, 4.69) is 4.98 Å². The molecule has 0 aliphatic heterocycles. The quantitative estimate of drug-likeness (QED) is 0.598. The zero-order valence-electron chi connectivity index (χ0n) is 15.9. The molecule has 3 rings (SSSR count). The van der Waals surface area contributed by atoms with Crippen LogP contribution in [0, 0.1) is 0 Å². The number of ether oxygens (including phenoxy) is 5. The van der Waals surface area contributed by atoms with E-state index >= 15 is 0 Å². The molecule has 0 aliphatic carbocycles. The van der Waals surface area contributed by atoms with E-state index < -0.39 is 0 Å². The molecule has 0 atom stereocenters. The van der Waals surface area contributed by atoms with Gasteiger partial charge in [-0.1, -0.05) is 6.07 Å². The summed E-state index contributed by atoms with van der Waals surface area (Å²) in [5, 5.41) is 2.00. The molecular weight excluding hydrogens is 346 g/mol. The number of nitrogens with zero attached hydrogens (tertiary/aromatic N) is 1. The first-order valence-electron chi connectivity index (χ1n) is 8.48. The highest BCUT2D eigenvalue weighted by atomic mass is 16.5. The topological polar surface area (TPSA) is 59.0 Å². The Kier molecular flexibility index (Phi) is 5.98. The van der Waals surface area contributed by atoms with Crippen LogP contribution >= 0.6 is 0 Å². The summed E-state index contributed by atoms with van der Waals surface area (Å²) >= 11 is 0. The van der Waals surface area contributed by atoms with E-state index in [0.29, 0.717) is 36.2 Å². The van der Waals surface area contributed by atoms with E-state index in [-0.39, 0.29) is 0 Å². The fourth-order valence-electron chi connectivity index (χ4n) is 2.91. The van der Waals surface area contributed by atoms with Crippen molar-refractivity contribution in [3.63, 3.8) is 0 Å². The van der Waals surface area contributed by atoms with Crippen LogP contribution in [0.4, 0.5) is 0 Å². The number of rotatable bonds is 8. The Morgan fingerprint density at radius 1 is 0.704 bits per heavy atom. The van der Waals surface area contributed by atoms with E-state index in [1.165, 1.54) is 0 Å². The van der Waals surface area contributed by atoms with E-state index in [0.717, 1.165) is 22.0 Å². The second-order valence-electron chi connectivity index (χ2n) is 5.87. The van der Waals surface area contributed by atoms with Crippen molar-refractivity contribution in [1.29, 1.82) is 0 Å². The maximum Gasteiger partial charge on any atom is 0.161 e. The van der Waals surface area contributed by atoms with Gasteiger partial charge in [0.1, 0.15) is 0 Å². The standard InChI is InChI=1S/C21H23NO5/c1-23-18-6-5-14(9-19(18)24-2)12-27-13-17-16-11-21(26-4)20(25-3)10-15(16)7-8-22-17/h5-11H,12-13H2,1-4H3. The molecular formula is C21H23NO5. The minimum Gasteiger partial charge on any atom is -0.493 e. The van der Waals surface area contributed by atoms with Crippen LogP contribution in [0.25, 0.3) is 10.8 Å². The van der Waals surface area contributed by atoms with Crippen molar-refractivity contribution in [2.24, 2.45) is 0 Å². The van der Waals surface area contributed by atoms with Crippen molar-refractivity contribution in [2.45, 2.75) is 13.2 Å². The van der Waals surface area contributed by atoms with Gasteiger partial charge in [0.05, 0.1) is 47.3 Å².